The van der Waals surface area contributed by atoms with Gasteiger partial charge in [-0.05, 0) is 12.1 Å². The average Bonchev–Trinajstić information content (AvgIpc) is 3.32. The number of carbonyl (C=O) groups excluding carboxylic acids is 1. The summed E-state index contributed by atoms with van der Waals surface area (Å²) >= 11 is 0. The van der Waals surface area contributed by atoms with Gasteiger partial charge >= 0.3 is 0 Å². The number of nitrogens with two attached hydrogens (primary N) is 1. The standard InChI is InChI=1S/C24H18N4O2/c1-30-16-10-11-27-14-8-4-2-6-12(14)17-19-20(24(29)26-23(19)25)18-13-7-3-5-9-15(13)28(16)22(18)21(17)27/h2-9,16H,10-11H2,1H3,(H2,25,26,29). The molecular weight excluding hydrogens is 376 g/mol. The molecule has 0 spiro atoms. The van der Waals surface area contributed by atoms with E-state index >= 15 is 0 Å². The molecule has 7 rings (SSSR count). The fraction of sp³-hybridized carbons (Fsp3) is 0.167. The van der Waals surface area contributed by atoms with Crippen LogP contribution in [0.2, 0.25) is 0 Å². The molecule has 0 radical (unpaired) electrons. The third-order valence-corrected chi connectivity index (χ3v) is 6.71. The van der Waals surface area contributed by atoms with Gasteiger partial charge in [0, 0.05) is 52.7 Å². The third kappa shape index (κ3) is 1.66. The number of para-hydroxylation sites is 2. The number of amides is 1. The van der Waals surface area contributed by atoms with E-state index in [-0.39, 0.29) is 12.1 Å². The van der Waals surface area contributed by atoms with Crippen LogP contribution >= 0.6 is 0 Å². The van der Waals surface area contributed by atoms with Gasteiger partial charge in [-0.3, -0.25) is 4.79 Å². The first-order chi connectivity index (χ1) is 14.7. The van der Waals surface area contributed by atoms with Crippen LogP contribution in [0.5, 0.6) is 0 Å². The van der Waals surface area contributed by atoms with Crippen molar-refractivity contribution in [1.29, 1.82) is 0 Å². The number of fused-ring (bicyclic) bond motifs is 9. The molecule has 2 aromatic heterocycles. The Balaban J connectivity index is 1.91. The lowest BCUT2D eigenvalue weighted by Gasteiger charge is -2.18. The number of hydrogen-bond acceptors (Lipinski definition) is 3. The van der Waals surface area contributed by atoms with E-state index in [1.165, 1.54) is 0 Å². The SMILES string of the molecule is COC1CCn2c3ccccc3c3c4c(c5c6ccccc6n1c5c32)C(=O)N=C4N. The van der Waals surface area contributed by atoms with Gasteiger partial charge in [0.1, 0.15) is 12.1 Å². The second-order valence-corrected chi connectivity index (χ2v) is 8.03. The summed E-state index contributed by atoms with van der Waals surface area (Å²) in [5.41, 5.74) is 12.1. The second kappa shape index (κ2) is 5.29. The second-order valence-electron chi connectivity index (χ2n) is 8.03. The number of methoxy groups -OCH3 is 1. The Morgan fingerprint density at radius 3 is 2.40 bits per heavy atom. The van der Waals surface area contributed by atoms with Crippen LogP contribution in [0.1, 0.15) is 28.6 Å². The summed E-state index contributed by atoms with van der Waals surface area (Å²) in [5.74, 6) is 0.0477. The van der Waals surface area contributed by atoms with Gasteiger partial charge in [-0.2, -0.15) is 4.99 Å². The number of carbonyl (C=O) groups is 1. The summed E-state index contributed by atoms with van der Waals surface area (Å²) in [6, 6.07) is 16.5. The molecule has 2 N–H and O–H groups in total. The summed E-state index contributed by atoms with van der Waals surface area (Å²) in [7, 11) is 1.75. The molecule has 146 valence electrons. The van der Waals surface area contributed by atoms with Gasteiger partial charge < -0.3 is 19.6 Å². The Morgan fingerprint density at radius 2 is 1.63 bits per heavy atom. The largest absolute Gasteiger partial charge is 0.383 e. The average molecular weight is 394 g/mol. The third-order valence-electron chi connectivity index (χ3n) is 6.71. The topological polar surface area (TPSA) is 74.5 Å². The van der Waals surface area contributed by atoms with Gasteiger partial charge in [0.25, 0.3) is 5.91 Å². The van der Waals surface area contributed by atoms with Gasteiger partial charge in [-0.25, -0.2) is 0 Å². The molecule has 1 amide bonds. The number of nitrogens with zero attached hydrogens (tertiary/aromatic N) is 3. The van der Waals surface area contributed by atoms with Crippen LogP contribution in [-0.2, 0) is 11.3 Å². The molecule has 30 heavy (non-hydrogen) atoms. The lowest BCUT2D eigenvalue weighted by Crippen LogP contribution is -2.12. The highest BCUT2D eigenvalue weighted by molar-refractivity contribution is 6.38. The van der Waals surface area contributed by atoms with E-state index in [4.69, 9.17) is 10.5 Å². The highest BCUT2D eigenvalue weighted by Crippen LogP contribution is 2.47. The molecule has 0 saturated heterocycles. The molecule has 5 aromatic rings. The number of aromatic nitrogens is 2. The predicted octanol–water partition coefficient (Wildman–Crippen LogP) is 4.31. The van der Waals surface area contributed by atoms with Crippen molar-refractivity contribution < 1.29 is 9.53 Å². The van der Waals surface area contributed by atoms with E-state index in [9.17, 15) is 4.79 Å². The molecule has 2 aliphatic rings. The maximum Gasteiger partial charge on any atom is 0.280 e. The summed E-state index contributed by atoms with van der Waals surface area (Å²) in [5, 5.41) is 4.08. The summed E-state index contributed by atoms with van der Waals surface area (Å²) in [6.45, 7) is 0.817. The normalized spacial score (nSPS) is 18.1. The van der Waals surface area contributed by atoms with E-state index in [0.717, 1.165) is 62.1 Å². The van der Waals surface area contributed by atoms with Crippen LogP contribution in [0.15, 0.2) is 53.5 Å². The number of hydrogen-bond donors (Lipinski definition) is 1. The minimum atomic E-state index is -0.262. The maximum atomic E-state index is 13.1. The minimum Gasteiger partial charge on any atom is -0.383 e. The van der Waals surface area contributed by atoms with Crippen molar-refractivity contribution in [2.45, 2.75) is 19.2 Å². The molecule has 0 fully saturated rings. The maximum absolute atomic E-state index is 13.1. The molecule has 1 atom stereocenters. The van der Waals surface area contributed by atoms with Gasteiger partial charge in [0.2, 0.25) is 0 Å². The highest BCUT2D eigenvalue weighted by atomic mass is 16.5. The lowest BCUT2D eigenvalue weighted by atomic mass is 9.96. The first kappa shape index (κ1) is 16.2. The molecule has 0 aliphatic carbocycles. The zero-order valence-electron chi connectivity index (χ0n) is 16.3. The van der Waals surface area contributed by atoms with Crippen LogP contribution in [0, 0.1) is 0 Å². The molecule has 2 aliphatic heterocycles. The quantitative estimate of drug-likeness (QED) is 0.460. The summed E-state index contributed by atoms with van der Waals surface area (Å²) in [4.78, 5) is 17.2. The van der Waals surface area contributed by atoms with Crippen LogP contribution in [0.3, 0.4) is 0 Å². The molecule has 6 heteroatoms. The van der Waals surface area contributed by atoms with E-state index in [1.54, 1.807) is 7.11 Å². The Morgan fingerprint density at radius 1 is 0.967 bits per heavy atom. The molecule has 1 unspecified atom stereocenters. The van der Waals surface area contributed by atoms with Crippen molar-refractivity contribution in [1.82, 2.24) is 9.13 Å². The van der Waals surface area contributed by atoms with Gasteiger partial charge in [-0.1, -0.05) is 36.4 Å². The van der Waals surface area contributed by atoms with Crippen LogP contribution in [0.4, 0.5) is 0 Å². The predicted molar refractivity (Wildman–Crippen MR) is 118 cm³/mol. The van der Waals surface area contributed by atoms with Gasteiger partial charge in [-0.15, -0.1) is 0 Å². The number of ether oxygens (including phenoxy) is 1. The monoisotopic (exact) mass is 394 g/mol. The fourth-order valence-electron chi connectivity index (χ4n) is 5.62. The molecule has 0 saturated carbocycles. The zero-order valence-corrected chi connectivity index (χ0v) is 16.3. The van der Waals surface area contributed by atoms with Crippen molar-refractivity contribution in [3.8, 4) is 0 Å². The lowest BCUT2D eigenvalue weighted by molar-refractivity contribution is 0.0421. The minimum absolute atomic E-state index is 0.123. The first-order valence-corrected chi connectivity index (χ1v) is 10.1. The zero-order chi connectivity index (χ0) is 20.1. The molecule has 0 bridgehead atoms. The van der Waals surface area contributed by atoms with Crippen LogP contribution in [-0.4, -0.2) is 28.0 Å². The van der Waals surface area contributed by atoms with Crippen LogP contribution < -0.4 is 5.73 Å². The van der Waals surface area contributed by atoms with E-state index in [2.05, 4.69) is 44.5 Å². The number of rotatable bonds is 1. The number of aryl methyl sites for hydroxylation is 1. The Labute approximate surface area is 171 Å². The molecule has 6 nitrogen and oxygen atoms in total. The Kier molecular flexibility index (Phi) is 2.85. The first-order valence-electron chi connectivity index (χ1n) is 10.1. The summed E-state index contributed by atoms with van der Waals surface area (Å²) < 4.78 is 10.6. The van der Waals surface area contributed by atoms with E-state index < -0.39 is 0 Å². The fourth-order valence-corrected chi connectivity index (χ4v) is 5.62. The molecule has 4 heterocycles. The Bertz CT molecular complexity index is 1620. The number of aliphatic imine (C=N–C) groups is 1. The van der Waals surface area contributed by atoms with Crippen molar-refractivity contribution in [3.05, 3.63) is 59.7 Å². The molecule has 3 aromatic carbocycles. The van der Waals surface area contributed by atoms with E-state index in [1.807, 2.05) is 18.2 Å². The van der Waals surface area contributed by atoms with Gasteiger partial charge in [0.05, 0.1) is 22.1 Å². The van der Waals surface area contributed by atoms with Crippen LogP contribution in [0.25, 0.3) is 43.6 Å². The van der Waals surface area contributed by atoms with Gasteiger partial charge in [0.15, 0.2) is 0 Å². The summed E-state index contributed by atoms with van der Waals surface area (Å²) in [6.07, 6.45) is 0.705. The number of amidine groups is 1. The van der Waals surface area contributed by atoms with Crippen molar-refractivity contribution in [3.63, 3.8) is 0 Å². The van der Waals surface area contributed by atoms with Crippen molar-refractivity contribution in [2.24, 2.45) is 10.7 Å². The highest BCUT2D eigenvalue weighted by Gasteiger charge is 2.35. The Hall–Kier alpha value is -3.64. The number of benzene rings is 3. The smallest absolute Gasteiger partial charge is 0.280 e. The van der Waals surface area contributed by atoms with Crippen molar-refractivity contribution in [2.75, 3.05) is 7.11 Å². The van der Waals surface area contributed by atoms with Crippen molar-refractivity contribution >= 4 is 55.4 Å². The van der Waals surface area contributed by atoms with E-state index in [0.29, 0.717) is 11.4 Å². The molecular formula is C24H18N4O2.